The molecule has 0 radical (unpaired) electrons. The Hall–Kier alpha value is -3.07. The number of hydrogen-bond acceptors (Lipinski definition) is 3. The lowest BCUT2D eigenvalue weighted by Crippen LogP contribution is -2.11. The number of esters is 1. The molecular weight excluding hydrogens is 372 g/mol. The molecule has 3 nitrogen and oxygen atoms in total. The van der Waals surface area contributed by atoms with Crippen molar-refractivity contribution in [2.24, 2.45) is 0 Å². The Morgan fingerprint density at radius 1 is 0.767 bits per heavy atom. The fraction of sp³-hybridized carbons (Fsp3) is 0.296. The minimum atomic E-state index is -0.353. The Bertz CT molecular complexity index is 899. The molecule has 0 aliphatic heterocycles. The maximum absolute atomic E-state index is 12.2. The maximum atomic E-state index is 12.2. The predicted octanol–water partition coefficient (Wildman–Crippen LogP) is 7.31. The minimum absolute atomic E-state index is 0.228. The molecule has 3 aromatic rings. The molecule has 3 heteroatoms. The molecule has 0 saturated carbocycles. The van der Waals surface area contributed by atoms with Crippen LogP contribution in [0.25, 0.3) is 11.1 Å². The Labute approximate surface area is 179 Å². The van der Waals surface area contributed by atoms with Crippen LogP contribution in [0.2, 0.25) is 0 Å². The number of unbranched alkanes of at least 4 members (excludes halogenated alkanes) is 3. The van der Waals surface area contributed by atoms with E-state index in [1.807, 2.05) is 54.6 Å². The summed E-state index contributed by atoms with van der Waals surface area (Å²) in [4.78, 5) is 12.2. The maximum Gasteiger partial charge on any atom is 0.343 e. The first-order valence-electron chi connectivity index (χ1n) is 10.8. The highest BCUT2D eigenvalue weighted by Gasteiger charge is 2.08. The lowest BCUT2D eigenvalue weighted by Gasteiger charge is -2.15. The molecule has 3 rings (SSSR count). The monoisotopic (exact) mass is 402 g/mol. The van der Waals surface area contributed by atoms with Gasteiger partial charge in [-0.1, -0.05) is 68.7 Å². The molecule has 0 aliphatic rings. The van der Waals surface area contributed by atoms with E-state index < -0.39 is 0 Å². The predicted molar refractivity (Wildman–Crippen MR) is 122 cm³/mol. The highest BCUT2D eigenvalue weighted by atomic mass is 16.5. The summed E-state index contributed by atoms with van der Waals surface area (Å²) in [5.41, 5.74) is 2.70. The summed E-state index contributed by atoms with van der Waals surface area (Å²) in [7, 11) is 0. The summed E-state index contributed by atoms with van der Waals surface area (Å²) in [5.74, 6) is 1.08. The molecule has 0 amide bonds. The van der Waals surface area contributed by atoms with Crippen molar-refractivity contribution in [3.63, 3.8) is 0 Å². The van der Waals surface area contributed by atoms with E-state index >= 15 is 0 Å². The van der Waals surface area contributed by atoms with E-state index in [1.165, 1.54) is 25.7 Å². The van der Waals surface area contributed by atoms with Crippen molar-refractivity contribution in [2.45, 2.75) is 52.1 Å². The fourth-order valence-electron chi connectivity index (χ4n) is 3.33. The van der Waals surface area contributed by atoms with Gasteiger partial charge in [0.1, 0.15) is 11.5 Å². The van der Waals surface area contributed by atoms with Gasteiger partial charge < -0.3 is 9.47 Å². The van der Waals surface area contributed by atoms with Crippen molar-refractivity contribution in [3.05, 3.63) is 84.4 Å². The van der Waals surface area contributed by atoms with E-state index in [1.54, 1.807) is 12.1 Å². The van der Waals surface area contributed by atoms with Crippen LogP contribution in [0.15, 0.2) is 78.9 Å². The van der Waals surface area contributed by atoms with Crippen molar-refractivity contribution in [2.75, 3.05) is 0 Å². The van der Waals surface area contributed by atoms with E-state index in [4.69, 9.17) is 9.47 Å². The first-order chi connectivity index (χ1) is 14.7. The van der Waals surface area contributed by atoms with Crippen molar-refractivity contribution in [1.82, 2.24) is 0 Å². The minimum Gasteiger partial charge on any atom is -0.491 e. The molecule has 0 bridgehead atoms. The van der Waals surface area contributed by atoms with Crippen LogP contribution in [0, 0.1) is 0 Å². The molecule has 0 saturated heterocycles. The second-order valence-corrected chi connectivity index (χ2v) is 7.58. The lowest BCUT2D eigenvalue weighted by atomic mass is 10.1. The molecule has 0 aliphatic carbocycles. The van der Waals surface area contributed by atoms with Gasteiger partial charge in [-0.3, -0.25) is 0 Å². The van der Waals surface area contributed by atoms with Crippen LogP contribution in [0.1, 0.15) is 56.3 Å². The van der Waals surface area contributed by atoms with Crippen LogP contribution in [-0.4, -0.2) is 12.1 Å². The van der Waals surface area contributed by atoms with Gasteiger partial charge in [0, 0.05) is 0 Å². The first-order valence-corrected chi connectivity index (χ1v) is 10.8. The Kier molecular flexibility index (Phi) is 8.08. The van der Waals surface area contributed by atoms with Crippen molar-refractivity contribution >= 4 is 5.97 Å². The summed E-state index contributed by atoms with van der Waals surface area (Å²) in [6.45, 7) is 4.36. The fourth-order valence-corrected chi connectivity index (χ4v) is 3.33. The van der Waals surface area contributed by atoms with Gasteiger partial charge in [-0.05, 0) is 67.3 Å². The molecular formula is C27H30O3. The normalized spacial score (nSPS) is 11.7. The van der Waals surface area contributed by atoms with E-state index in [9.17, 15) is 4.79 Å². The van der Waals surface area contributed by atoms with Gasteiger partial charge in [-0.25, -0.2) is 4.79 Å². The van der Waals surface area contributed by atoms with Crippen LogP contribution >= 0.6 is 0 Å². The van der Waals surface area contributed by atoms with Crippen LogP contribution in [-0.2, 0) is 0 Å². The second-order valence-electron chi connectivity index (χ2n) is 7.58. The van der Waals surface area contributed by atoms with Crippen LogP contribution in [0.4, 0.5) is 0 Å². The Balaban J connectivity index is 1.54. The topological polar surface area (TPSA) is 35.5 Å². The first kappa shape index (κ1) is 21.6. The van der Waals surface area contributed by atoms with Gasteiger partial charge in [0.15, 0.2) is 0 Å². The second kappa shape index (κ2) is 11.2. The van der Waals surface area contributed by atoms with Crippen LogP contribution in [0.5, 0.6) is 11.5 Å². The average Bonchev–Trinajstić information content (AvgIpc) is 2.78. The third kappa shape index (κ3) is 6.48. The largest absolute Gasteiger partial charge is 0.491 e. The quantitative estimate of drug-likeness (QED) is 0.203. The van der Waals surface area contributed by atoms with E-state index in [0.717, 1.165) is 23.3 Å². The molecule has 0 aromatic heterocycles. The number of carbonyl (C=O) groups is 1. The number of rotatable bonds is 10. The third-order valence-corrected chi connectivity index (χ3v) is 5.06. The lowest BCUT2D eigenvalue weighted by molar-refractivity contribution is 0.0735. The molecule has 0 fully saturated rings. The zero-order valence-corrected chi connectivity index (χ0v) is 17.8. The number of carbonyl (C=O) groups excluding carboxylic acids is 1. The average molecular weight is 403 g/mol. The molecule has 0 heterocycles. The van der Waals surface area contributed by atoms with E-state index in [-0.39, 0.29) is 12.1 Å². The molecule has 0 N–H and O–H groups in total. The standard InChI is InChI=1S/C27H30O3/c1-3-4-5-7-10-21(2)29-25-17-13-22(14-18-25)23-15-19-26(20-16-23)30-27(28)24-11-8-6-9-12-24/h6,8-9,11-21H,3-5,7,10H2,1-2H3. The van der Waals surface area contributed by atoms with Gasteiger partial charge in [-0.15, -0.1) is 0 Å². The molecule has 30 heavy (non-hydrogen) atoms. The Morgan fingerprint density at radius 3 is 1.97 bits per heavy atom. The van der Waals surface area contributed by atoms with Gasteiger partial charge in [0.05, 0.1) is 11.7 Å². The van der Waals surface area contributed by atoms with Gasteiger partial charge in [0.25, 0.3) is 0 Å². The molecule has 1 unspecified atom stereocenters. The van der Waals surface area contributed by atoms with Crippen LogP contribution < -0.4 is 9.47 Å². The highest BCUT2D eigenvalue weighted by molar-refractivity contribution is 5.91. The van der Waals surface area contributed by atoms with Crippen molar-refractivity contribution in [3.8, 4) is 22.6 Å². The number of benzene rings is 3. The Morgan fingerprint density at radius 2 is 1.37 bits per heavy atom. The summed E-state index contributed by atoms with van der Waals surface area (Å²) >= 11 is 0. The van der Waals surface area contributed by atoms with Gasteiger partial charge >= 0.3 is 5.97 Å². The summed E-state index contributed by atoms with van der Waals surface area (Å²) in [5, 5.41) is 0. The number of hydrogen-bond donors (Lipinski definition) is 0. The summed E-state index contributed by atoms with van der Waals surface area (Å²) < 4.78 is 11.5. The van der Waals surface area contributed by atoms with Crippen LogP contribution in [0.3, 0.4) is 0 Å². The zero-order valence-electron chi connectivity index (χ0n) is 17.8. The highest BCUT2D eigenvalue weighted by Crippen LogP contribution is 2.26. The number of ether oxygens (including phenoxy) is 2. The van der Waals surface area contributed by atoms with E-state index in [0.29, 0.717) is 11.3 Å². The smallest absolute Gasteiger partial charge is 0.343 e. The summed E-state index contributed by atoms with van der Waals surface area (Å²) in [6, 6.07) is 24.7. The van der Waals surface area contributed by atoms with E-state index in [2.05, 4.69) is 26.0 Å². The van der Waals surface area contributed by atoms with Gasteiger partial charge in [-0.2, -0.15) is 0 Å². The van der Waals surface area contributed by atoms with Crippen molar-refractivity contribution in [1.29, 1.82) is 0 Å². The molecule has 3 aromatic carbocycles. The zero-order chi connectivity index (χ0) is 21.2. The van der Waals surface area contributed by atoms with Gasteiger partial charge in [0.2, 0.25) is 0 Å². The SMILES string of the molecule is CCCCCCC(C)Oc1ccc(-c2ccc(OC(=O)c3ccccc3)cc2)cc1. The molecule has 1 atom stereocenters. The van der Waals surface area contributed by atoms with Crippen molar-refractivity contribution < 1.29 is 14.3 Å². The molecule has 156 valence electrons. The third-order valence-electron chi connectivity index (χ3n) is 5.06. The summed E-state index contributed by atoms with van der Waals surface area (Å²) in [6.07, 6.45) is 6.36. The molecule has 0 spiro atoms.